The van der Waals surface area contributed by atoms with Crippen molar-refractivity contribution in [3.8, 4) is 0 Å². The molecule has 0 bridgehead atoms. The molecule has 0 saturated heterocycles. The minimum Gasteiger partial charge on any atom is -0.462 e. The number of aliphatic hydroxyl groups is 5. The fourth-order valence-electron chi connectivity index (χ4n) is 6.28. The van der Waals surface area contributed by atoms with Crippen LogP contribution in [0.1, 0.15) is 136 Å². The van der Waals surface area contributed by atoms with Crippen molar-refractivity contribution in [3.63, 3.8) is 0 Å². The molecule has 0 amide bonds. The highest BCUT2D eigenvalue weighted by Crippen LogP contribution is 2.49. The van der Waals surface area contributed by atoms with E-state index in [1.165, 1.54) is 0 Å². The van der Waals surface area contributed by atoms with Gasteiger partial charge in [-0.15, -0.1) is 0 Å². The van der Waals surface area contributed by atoms with E-state index in [0.717, 1.165) is 83.5 Å². The molecule has 368 valence electrons. The molecular weight excluding hydrogens is 874 g/mol. The highest BCUT2D eigenvalue weighted by Gasteiger charge is 2.54. The molecule has 8 N–H and O–H groups in total. The van der Waals surface area contributed by atoms with E-state index < -0.39 is 89.6 Å². The summed E-state index contributed by atoms with van der Waals surface area (Å²) in [4.78, 5) is 54.1. The molecule has 1 aliphatic rings. The van der Waals surface area contributed by atoms with E-state index >= 15 is 0 Å². The van der Waals surface area contributed by atoms with Gasteiger partial charge in [0.15, 0.2) is 6.10 Å². The minimum absolute atomic E-state index is 0.0586. The monoisotopic (exact) mass is 950 g/mol. The number of carbonyl (C=O) groups is 2. The van der Waals surface area contributed by atoms with Gasteiger partial charge in [-0.1, -0.05) is 132 Å². The van der Waals surface area contributed by atoms with Gasteiger partial charge in [0.05, 0.1) is 12.7 Å². The Kier molecular flexibility index (Phi) is 33.0. The minimum atomic E-state index is -5.38. The molecular formula is C45H76O17P2. The van der Waals surface area contributed by atoms with E-state index in [-0.39, 0.29) is 12.8 Å². The van der Waals surface area contributed by atoms with Crippen LogP contribution in [0.25, 0.3) is 0 Å². The lowest BCUT2D eigenvalue weighted by atomic mass is 9.85. The summed E-state index contributed by atoms with van der Waals surface area (Å²) in [5.41, 5.74) is 0. The lowest BCUT2D eigenvalue weighted by Crippen LogP contribution is -2.64. The van der Waals surface area contributed by atoms with Gasteiger partial charge < -0.3 is 49.7 Å². The van der Waals surface area contributed by atoms with Gasteiger partial charge in [0.25, 0.3) is 0 Å². The van der Waals surface area contributed by atoms with E-state index in [1.54, 1.807) is 6.08 Å². The fraction of sp³-hybridized carbons (Fsp3) is 0.689. The third-order valence-electron chi connectivity index (χ3n) is 9.84. The van der Waals surface area contributed by atoms with Gasteiger partial charge in [0, 0.05) is 12.8 Å². The number of hydrogen-bond acceptors (Lipinski definition) is 14. The van der Waals surface area contributed by atoms with Crippen LogP contribution in [0, 0.1) is 0 Å². The van der Waals surface area contributed by atoms with Gasteiger partial charge in [0.1, 0.15) is 43.2 Å². The Morgan fingerprint density at radius 2 is 1.14 bits per heavy atom. The number of aliphatic hydroxyl groups excluding tert-OH is 5. The predicted molar refractivity (Wildman–Crippen MR) is 242 cm³/mol. The molecule has 0 aromatic carbocycles. The van der Waals surface area contributed by atoms with E-state index in [9.17, 15) is 49.1 Å². The molecule has 17 nitrogen and oxygen atoms in total. The molecule has 64 heavy (non-hydrogen) atoms. The van der Waals surface area contributed by atoms with Crippen molar-refractivity contribution in [2.24, 2.45) is 0 Å². The Morgan fingerprint density at radius 1 is 0.578 bits per heavy atom. The molecule has 1 saturated carbocycles. The molecule has 9 atom stereocenters. The summed E-state index contributed by atoms with van der Waals surface area (Å²) >= 11 is 0. The molecule has 0 radical (unpaired) electrons. The van der Waals surface area contributed by atoms with Crippen molar-refractivity contribution < 1.29 is 82.0 Å². The van der Waals surface area contributed by atoms with Crippen LogP contribution in [0.3, 0.4) is 0 Å². The first-order chi connectivity index (χ1) is 30.5. The number of rotatable bonds is 36. The smallest absolute Gasteiger partial charge is 0.462 e. The number of ether oxygens (including phenoxy) is 2. The fourth-order valence-corrected chi connectivity index (χ4v) is 7.82. The summed E-state index contributed by atoms with van der Waals surface area (Å²) in [6.07, 6.45) is 23.4. The average Bonchev–Trinajstić information content (AvgIpc) is 3.24. The van der Waals surface area contributed by atoms with Gasteiger partial charge in [-0.3, -0.25) is 23.2 Å². The van der Waals surface area contributed by atoms with Crippen molar-refractivity contribution in [1.82, 2.24) is 0 Å². The number of hydrogen-bond donors (Lipinski definition) is 8. The van der Waals surface area contributed by atoms with Crippen LogP contribution in [-0.2, 0) is 41.8 Å². The summed E-state index contributed by atoms with van der Waals surface area (Å²) in [5.74, 6) is -1.32. The quantitative estimate of drug-likeness (QED) is 0.0103. The molecule has 5 unspecified atom stereocenters. The van der Waals surface area contributed by atoms with Crippen LogP contribution < -0.4 is 0 Å². The molecule has 0 aromatic rings. The maximum Gasteiger partial charge on any atom is 0.472 e. The molecule has 0 spiro atoms. The maximum atomic E-state index is 13.0. The summed E-state index contributed by atoms with van der Waals surface area (Å²) in [7, 11) is -10.7. The topological polar surface area (TPSA) is 276 Å². The largest absolute Gasteiger partial charge is 0.472 e. The van der Waals surface area contributed by atoms with Crippen LogP contribution in [0.4, 0.5) is 0 Å². The van der Waals surface area contributed by atoms with Gasteiger partial charge in [-0.05, 0) is 64.2 Å². The molecule has 0 aliphatic heterocycles. The molecule has 0 aromatic heterocycles. The van der Waals surface area contributed by atoms with Crippen molar-refractivity contribution in [1.29, 1.82) is 0 Å². The lowest BCUT2D eigenvalue weighted by Gasteiger charge is -2.43. The summed E-state index contributed by atoms with van der Waals surface area (Å²) in [6, 6.07) is 0. The van der Waals surface area contributed by atoms with Gasteiger partial charge in [-0.2, -0.15) is 0 Å². The van der Waals surface area contributed by atoms with E-state index in [4.69, 9.17) is 28.3 Å². The molecule has 0 heterocycles. The number of carbonyl (C=O) groups excluding carboxylic acids is 2. The first-order valence-corrected chi connectivity index (χ1v) is 25.6. The van der Waals surface area contributed by atoms with Crippen molar-refractivity contribution in [3.05, 3.63) is 72.9 Å². The highest BCUT2D eigenvalue weighted by atomic mass is 31.2. The number of esters is 2. The Balaban J connectivity index is 2.69. The van der Waals surface area contributed by atoms with Gasteiger partial charge in [-0.25, -0.2) is 9.13 Å². The normalized spacial score (nSPS) is 23.0. The molecule has 1 rings (SSSR count). The average molecular weight is 951 g/mol. The van der Waals surface area contributed by atoms with E-state index in [2.05, 4.69) is 42.7 Å². The van der Waals surface area contributed by atoms with Gasteiger partial charge >= 0.3 is 27.6 Å². The Morgan fingerprint density at radius 3 is 1.78 bits per heavy atom. The Bertz CT molecular complexity index is 1540. The van der Waals surface area contributed by atoms with Crippen LogP contribution in [0.5, 0.6) is 0 Å². The standard InChI is InChI=1S/C45H76O17P2/c1-3-5-7-8-9-10-11-12-15-18-21-24-28-32-38(47)58-34-37(35-59-64(56,57)62-45-42(51)40(49)41(50)44(43(45)52)61-63(53,54)55)60-39(48)33-29-25-22-19-16-13-14-17-20-23-27-31-36(46)30-26-6-4-2/h7-8,10-11,13-14,19-20,22-23,27,31,36-37,40-46,49-52H,3-6,9,12,15-18,21,24-26,28-30,32-35H2,1-2H3,(H,56,57)(H2,53,54,55)/b8-7-,11-10-,14-13-,22-19-,23-20-,31-27+/t36-,37+,40?,41?,42?,43?,44+,45-/m0/s1. The van der Waals surface area contributed by atoms with Crippen LogP contribution in [0.15, 0.2) is 72.9 Å². The Hall–Kier alpha value is -2.60. The van der Waals surface area contributed by atoms with Crippen molar-refractivity contribution >= 4 is 27.6 Å². The lowest BCUT2D eigenvalue weighted by molar-refractivity contribution is -0.216. The Labute approximate surface area is 379 Å². The van der Waals surface area contributed by atoms with Crippen LogP contribution >= 0.6 is 15.6 Å². The van der Waals surface area contributed by atoms with Crippen LogP contribution in [0.2, 0.25) is 0 Å². The zero-order chi connectivity index (χ0) is 47.6. The number of phosphoric acid groups is 2. The second kappa shape index (κ2) is 35.6. The zero-order valence-corrected chi connectivity index (χ0v) is 39.3. The number of phosphoric ester groups is 2. The summed E-state index contributed by atoms with van der Waals surface area (Å²) in [6.45, 7) is 2.84. The first-order valence-electron chi connectivity index (χ1n) is 22.6. The first kappa shape index (κ1) is 59.4. The van der Waals surface area contributed by atoms with Crippen LogP contribution in [-0.4, -0.2) is 114 Å². The summed E-state index contributed by atoms with van der Waals surface area (Å²) in [5, 5.41) is 51.1. The predicted octanol–water partition coefficient (Wildman–Crippen LogP) is 7.03. The second-order valence-electron chi connectivity index (χ2n) is 15.6. The third kappa shape index (κ3) is 29.8. The van der Waals surface area contributed by atoms with Crippen molar-refractivity contribution in [2.45, 2.75) is 185 Å². The third-order valence-corrected chi connectivity index (χ3v) is 11.3. The maximum absolute atomic E-state index is 13.0. The number of allylic oxidation sites excluding steroid dienone is 11. The summed E-state index contributed by atoms with van der Waals surface area (Å²) < 4.78 is 49.2. The van der Waals surface area contributed by atoms with E-state index in [1.807, 2.05) is 42.5 Å². The van der Waals surface area contributed by atoms with Crippen molar-refractivity contribution in [2.75, 3.05) is 13.2 Å². The second-order valence-corrected chi connectivity index (χ2v) is 18.2. The number of unbranched alkanes of at least 4 members (excludes halogenated alkanes) is 9. The molecule has 1 aliphatic carbocycles. The SMILES string of the molecule is CCC/C=C\C/C=C\CCCCCCCC(=O)OC[C@H](COP(=O)(O)O[C@H]1C(O)C(O)C(O)[C@@H](OP(=O)(O)O)C1O)OC(=O)CCC/C=C\C/C=C\C/C=C\C=C\[C@@H](O)CCCCC. The van der Waals surface area contributed by atoms with E-state index in [0.29, 0.717) is 25.7 Å². The molecule has 1 fully saturated rings. The molecule has 19 heteroatoms. The highest BCUT2D eigenvalue weighted by molar-refractivity contribution is 7.47. The zero-order valence-electron chi connectivity index (χ0n) is 37.5. The van der Waals surface area contributed by atoms with Gasteiger partial charge in [0.2, 0.25) is 0 Å².